The minimum absolute atomic E-state index is 0.246. The number of hydrogen-bond donors (Lipinski definition) is 0. The zero-order valence-electron chi connectivity index (χ0n) is 8.02. The first-order chi connectivity index (χ1) is 7.70. The normalized spacial score (nSPS) is 10.4. The van der Waals surface area contributed by atoms with Crippen molar-refractivity contribution in [1.82, 2.24) is 4.98 Å². The van der Waals surface area contributed by atoms with E-state index >= 15 is 0 Å². The smallest absolute Gasteiger partial charge is 0.255 e. The number of rotatable bonds is 2. The molecule has 0 aliphatic heterocycles. The fourth-order valence-electron chi connectivity index (χ4n) is 1.27. The molecule has 0 spiro atoms. The summed E-state index contributed by atoms with van der Waals surface area (Å²) in [5.41, 5.74) is 0.418. The predicted molar refractivity (Wildman–Crippen MR) is 57.2 cm³/mol. The van der Waals surface area contributed by atoms with Gasteiger partial charge in [-0.05, 0) is 29.8 Å². The maximum absolute atomic E-state index is 12.4. The van der Waals surface area contributed by atoms with Crippen LogP contribution in [0.4, 0.5) is 8.78 Å². The highest BCUT2D eigenvalue weighted by Gasteiger charge is 2.10. The third-order valence-corrected chi connectivity index (χ3v) is 3.04. The second-order valence-electron chi connectivity index (χ2n) is 3.05. The van der Waals surface area contributed by atoms with Gasteiger partial charge in [-0.3, -0.25) is 4.98 Å². The molecule has 0 aliphatic rings. The van der Waals surface area contributed by atoms with Crippen LogP contribution in [0, 0.1) is 11.3 Å². The van der Waals surface area contributed by atoms with E-state index < -0.39 is 6.43 Å². The van der Waals surface area contributed by atoms with Gasteiger partial charge >= 0.3 is 0 Å². The number of halogens is 2. The predicted octanol–water partition coefficient (Wildman–Crippen LogP) is 3.62. The maximum Gasteiger partial charge on any atom is 0.280 e. The summed E-state index contributed by atoms with van der Waals surface area (Å²) in [6.07, 6.45) is -1.22. The van der Waals surface area contributed by atoms with Crippen molar-refractivity contribution < 1.29 is 8.78 Å². The first-order valence-corrected chi connectivity index (χ1v) is 5.27. The highest BCUT2D eigenvalue weighted by Crippen LogP contribution is 2.29. The van der Waals surface area contributed by atoms with Crippen LogP contribution >= 0.6 is 11.3 Å². The number of nitriles is 1. The minimum atomic E-state index is -2.57. The average molecular weight is 236 g/mol. The Kier molecular flexibility index (Phi) is 2.93. The van der Waals surface area contributed by atoms with Gasteiger partial charge in [0.05, 0.1) is 0 Å². The number of hydrogen-bond acceptors (Lipinski definition) is 3. The fourth-order valence-corrected chi connectivity index (χ4v) is 2.07. The number of nitrogens with zero attached hydrogens (tertiary/aromatic N) is 2. The second-order valence-corrected chi connectivity index (χ2v) is 4.13. The summed E-state index contributed by atoms with van der Waals surface area (Å²) < 4.78 is 24.8. The quantitative estimate of drug-likeness (QED) is 0.798. The van der Waals surface area contributed by atoms with E-state index in [0.29, 0.717) is 10.4 Å². The Hall–Kier alpha value is -1.80. The zero-order chi connectivity index (χ0) is 11.5. The molecule has 5 heteroatoms. The summed E-state index contributed by atoms with van der Waals surface area (Å²) in [6, 6.07) is 8.42. The Morgan fingerprint density at radius 2 is 2.12 bits per heavy atom. The topological polar surface area (TPSA) is 36.7 Å². The molecule has 0 radical (unpaired) electrons. The van der Waals surface area contributed by atoms with Gasteiger partial charge in [-0.2, -0.15) is 5.26 Å². The SMILES string of the molecule is N#Cc1ccc(-c2ccnc(C(F)F)c2)s1. The van der Waals surface area contributed by atoms with E-state index in [4.69, 9.17) is 5.26 Å². The van der Waals surface area contributed by atoms with Gasteiger partial charge in [0.1, 0.15) is 16.6 Å². The third kappa shape index (κ3) is 2.07. The Balaban J connectivity index is 2.41. The molecule has 2 nitrogen and oxygen atoms in total. The van der Waals surface area contributed by atoms with Crippen molar-refractivity contribution in [3.8, 4) is 16.5 Å². The lowest BCUT2D eigenvalue weighted by atomic mass is 10.2. The number of aromatic nitrogens is 1. The van der Waals surface area contributed by atoms with E-state index in [1.54, 1.807) is 18.2 Å². The van der Waals surface area contributed by atoms with E-state index in [1.807, 2.05) is 6.07 Å². The molecular formula is C11H6F2N2S. The Morgan fingerprint density at radius 3 is 2.75 bits per heavy atom. The minimum Gasteiger partial charge on any atom is -0.255 e. The molecule has 2 heterocycles. The lowest BCUT2D eigenvalue weighted by Gasteiger charge is -2.01. The lowest BCUT2D eigenvalue weighted by molar-refractivity contribution is 0.146. The van der Waals surface area contributed by atoms with Crippen LogP contribution in [0.2, 0.25) is 0 Å². The summed E-state index contributed by atoms with van der Waals surface area (Å²) >= 11 is 1.27. The van der Waals surface area contributed by atoms with E-state index in [2.05, 4.69) is 4.98 Å². The zero-order valence-corrected chi connectivity index (χ0v) is 8.84. The van der Waals surface area contributed by atoms with E-state index in [-0.39, 0.29) is 5.69 Å². The Morgan fingerprint density at radius 1 is 1.31 bits per heavy atom. The monoisotopic (exact) mass is 236 g/mol. The molecule has 2 aromatic heterocycles. The summed E-state index contributed by atoms with van der Waals surface area (Å²) in [5.74, 6) is 0. The van der Waals surface area contributed by atoms with Gasteiger partial charge in [-0.1, -0.05) is 0 Å². The maximum atomic E-state index is 12.4. The van der Waals surface area contributed by atoms with Gasteiger partial charge in [0.15, 0.2) is 0 Å². The molecule has 0 amide bonds. The van der Waals surface area contributed by atoms with Crippen LogP contribution < -0.4 is 0 Å². The number of alkyl halides is 2. The van der Waals surface area contributed by atoms with Gasteiger partial charge < -0.3 is 0 Å². The van der Waals surface area contributed by atoms with Crippen molar-refractivity contribution in [3.63, 3.8) is 0 Å². The Labute approximate surface area is 94.8 Å². The lowest BCUT2D eigenvalue weighted by Crippen LogP contribution is -1.89. The highest BCUT2D eigenvalue weighted by molar-refractivity contribution is 7.16. The van der Waals surface area contributed by atoms with Gasteiger partial charge in [0.25, 0.3) is 6.43 Å². The largest absolute Gasteiger partial charge is 0.280 e. The fraction of sp³-hybridized carbons (Fsp3) is 0.0909. The number of thiophene rings is 1. The molecule has 0 bridgehead atoms. The number of pyridine rings is 1. The standard InChI is InChI=1S/C11H6F2N2S/c12-11(13)9-5-7(3-4-15-9)10-2-1-8(6-14)16-10/h1-5,11H. The third-order valence-electron chi connectivity index (χ3n) is 2.01. The van der Waals surface area contributed by atoms with Crippen LogP contribution in [-0.2, 0) is 0 Å². The van der Waals surface area contributed by atoms with Gasteiger partial charge in [-0.25, -0.2) is 8.78 Å². The van der Waals surface area contributed by atoms with Crippen LogP contribution in [-0.4, -0.2) is 4.98 Å². The van der Waals surface area contributed by atoms with E-state index in [0.717, 1.165) is 4.88 Å². The molecule has 0 aliphatic carbocycles. The molecule has 0 atom stereocenters. The van der Waals surface area contributed by atoms with Crippen LogP contribution in [0.3, 0.4) is 0 Å². The summed E-state index contributed by atoms with van der Waals surface area (Å²) in [4.78, 5) is 4.93. The molecule has 0 N–H and O–H groups in total. The van der Waals surface area contributed by atoms with Crippen LogP contribution in [0.5, 0.6) is 0 Å². The molecule has 2 aromatic rings. The highest BCUT2D eigenvalue weighted by atomic mass is 32.1. The average Bonchev–Trinajstić information content (AvgIpc) is 2.77. The van der Waals surface area contributed by atoms with Crippen molar-refractivity contribution >= 4 is 11.3 Å². The van der Waals surface area contributed by atoms with Crippen molar-refractivity contribution in [2.45, 2.75) is 6.43 Å². The van der Waals surface area contributed by atoms with Crippen molar-refractivity contribution in [1.29, 1.82) is 5.26 Å². The van der Waals surface area contributed by atoms with Crippen molar-refractivity contribution in [3.05, 3.63) is 41.0 Å². The molecule has 0 unspecified atom stereocenters. The second kappa shape index (κ2) is 4.37. The molecule has 0 saturated heterocycles. The van der Waals surface area contributed by atoms with Crippen molar-refractivity contribution in [2.75, 3.05) is 0 Å². The molecule has 0 aromatic carbocycles. The summed E-state index contributed by atoms with van der Waals surface area (Å²) in [5, 5.41) is 8.67. The molecule has 16 heavy (non-hydrogen) atoms. The summed E-state index contributed by atoms with van der Waals surface area (Å²) in [6.45, 7) is 0. The van der Waals surface area contributed by atoms with Crippen LogP contribution in [0.25, 0.3) is 10.4 Å². The first-order valence-electron chi connectivity index (χ1n) is 4.45. The van der Waals surface area contributed by atoms with Crippen LogP contribution in [0.1, 0.15) is 17.0 Å². The molecular weight excluding hydrogens is 230 g/mol. The van der Waals surface area contributed by atoms with Crippen LogP contribution in [0.15, 0.2) is 30.5 Å². The van der Waals surface area contributed by atoms with Gasteiger partial charge in [0.2, 0.25) is 0 Å². The van der Waals surface area contributed by atoms with E-state index in [1.165, 1.54) is 23.6 Å². The molecule has 2 rings (SSSR count). The molecule has 0 fully saturated rings. The summed E-state index contributed by atoms with van der Waals surface area (Å²) in [7, 11) is 0. The van der Waals surface area contributed by atoms with Gasteiger partial charge in [0, 0.05) is 11.1 Å². The Bertz CT molecular complexity index is 543. The first kappa shape index (κ1) is 10.7. The van der Waals surface area contributed by atoms with Gasteiger partial charge in [-0.15, -0.1) is 11.3 Å². The molecule has 80 valence electrons. The molecule has 0 saturated carbocycles. The van der Waals surface area contributed by atoms with Crippen molar-refractivity contribution in [2.24, 2.45) is 0 Å². The van der Waals surface area contributed by atoms with E-state index in [9.17, 15) is 8.78 Å².